The van der Waals surface area contributed by atoms with Gasteiger partial charge in [-0.2, -0.15) is 0 Å². The van der Waals surface area contributed by atoms with Crippen LogP contribution in [0.2, 0.25) is 0 Å². The van der Waals surface area contributed by atoms with Crippen molar-refractivity contribution in [3.63, 3.8) is 0 Å². The number of hydrogen-bond donors (Lipinski definition) is 1. The fourth-order valence-electron chi connectivity index (χ4n) is 1.29. The normalized spacial score (nSPS) is 9.45. The van der Waals surface area contributed by atoms with Crippen molar-refractivity contribution < 1.29 is 9.53 Å². The van der Waals surface area contributed by atoms with Gasteiger partial charge in [-0.15, -0.1) is 0 Å². The van der Waals surface area contributed by atoms with Crippen LogP contribution in [0.5, 0.6) is 5.75 Å². The Kier molecular flexibility index (Phi) is 10.4. The maximum Gasteiger partial charge on any atom is 0.218 e. The molecule has 1 aromatic carbocycles. The molecule has 1 aromatic rings. The smallest absolute Gasteiger partial charge is 0.218 e. The van der Waals surface area contributed by atoms with Gasteiger partial charge in [-0.1, -0.05) is 25.5 Å². The second-order valence-corrected chi connectivity index (χ2v) is 4.80. The molecule has 1 amide bonds. The molecule has 0 radical (unpaired) electrons. The number of benzene rings is 1. The Morgan fingerprint density at radius 2 is 2.00 bits per heavy atom. The summed E-state index contributed by atoms with van der Waals surface area (Å²) in [6.45, 7) is 5.19. The number of carbonyl (C=O) groups excluding carboxylic acids is 1. The first kappa shape index (κ1) is 18.4. The molecule has 0 aliphatic rings. The Hall–Kier alpha value is -1.55. The molecule has 0 saturated carbocycles. The molecule has 0 heterocycles. The van der Waals surface area contributed by atoms with Crippen LogP contribution in [-0.2, 0) is 11.2 Å². The molecule has 1 rings (SSSR count). The molecule has 0 aliphatic carbocycles. The Balaban J connectivity index is 0.000000511. The van der Waals surface area contributed by atoms with Crippen LogP contribution in [0.15, 0.2) is 24.3 Å². The third-order valence-corrected chi connectivity index (χ3v) is 2.73. The average molecular weight is 280 g/mol. The molecule has 0 aliphatic heterocycles. The molecule has 0 aromatic heterocycles. The van der Waals surface area contributed by atoms with Crippen molar-refractivity contribution in [1.82, 2.24) is 4.90 Å². The molecular formula is C16H28N2O2. The van der Waals surface area contributed by atoms with Gasteiger partial charge in [-0.05, 0) is 37.1 Å². The van der Waals surface area contributed by atoms with Gasteiger partial charge in [0.25, 0.3) is 0 Å². The van der Waals surface area contributed by atoms with Gasteiger partial charge in [0.2, 0.25) is 5.91 Å². The van der Waals surface area contributed by atoms with Crippen LogP contribution in [0, 0.1) is 0 Å². The van der Waals surface area contributed by atoms with E-state index in [1.54, 1.807) is 14.1 Å². The van der Waals surface area contributed by atoms with Crippen LogP contribution >= 0.6 is 0 Å². The summed E-state index contributed by atoms with van der Waals surface area (Å²) in [6.07, 6.45) is 3.20. The molecule has 4 heteroatoms. The van der Waals surface area contributed by atoms with Crippen LogP contribution in [-0.4, -0.2) is 38.1 Å². The van der Waals surface area contributed by atoms with Gasteiger partial charge in [-0.3, -0.25) is 4.79 Å². The quantitative estimate of drug-likeness (QED) is 0.814. The van der Waals surface area contributed by atoms with Crippen molar-refractivity contribution in [3.8, 4) is 5.75 Å². The number of nitrogens with two attached hydrogens (primary N) is 1. The number of nitrogens with zero attached hydrogens (tertiary/aromatic N) is 1. The molecule has 0 spiro atoms. The zero-order chi connectivity index (χ0) is 15.4. The third-order valence-electron chi connectivity index (χ3n) is 2.73. The highest BCUT2D eigenvalue weighted by molar-refractivity contribution is 5.72. The van der Waals surface area contributed by atoms with E-state index >= 15 is 0 Å². The number of hydrogen-bond acceptors (Lipinski definition) is 3. The SMILES string of the molecule is CC(=O)N(C)C.CCCCOc1cccc(CCN)c1. The topological polar surface area (TPSA) is 55.6 Å². The molecule has 0 unspecified atom stereocenters. The number of ether oxygens (including phenoxy) is 1. The van der Waals surface area contributed by atoms with Crippen molar-refractivity contribution in [2.24, 2.45) is 5.73 Å². The predicted molar refractivity (Wildman–Crippen MR) is 84.0 cm³/mol. The Labute approximate surface area is 122 Å². The molecule has 4 nitrogen and oxygen atoms in total. The maximum atomic E-state index is 10.1. The van der Waals surface area contributed by atoms with Crippen LogP contribution in [0.1, 0.15) is 32.3 Å². The second-order valence-electron chi connectivity index (χ2n) is 4.80. The summed E-state index contributed by atoms with van der Waals surface area (Å²) >= 11 is 0. The minimum Gasteiger partial charge on any atom is -0.494 e. The standard InChI is InChI=1S/C12H19NO.C4H9NO/c1-2-3-9-14-12-6-4-5-11(10-12)7-8-13;1-4(6)5(2)3/h4-6,10H,2-3,7-9,13H2,1H3;1-3H3. The van der Waals surface area contributed by atoms with Crippen LogP contribution < -0.4 is 10.5 Å². The van der Waals surface area contributed by atoms with Crippen LogP contribution in [0.25, 0.3) is 0 Å². The maximum absolute atomic E-state index is 10.1. The summed E-state index contributed by atoms with van der Waals surface area (Å²) < 4.78 is 5.59. The number of carbonyl (C=O) groups is 1. The van der Waals surface area contributed by atoms with Crippen LogP contribution in [0.4, 0.5) is 0 Å². The van der Waals surface area contributed by atoms with Gasteiger partial charge in [-0.25, -0.2) is 0 Å². The summed E-state index contributed by atoms with van der Waals surface area (Å²) in [7, 11) is 3.45. The minimum absolute atomic E-state index is 0.0926. The van der Waals surface area contributed by atoms with Gasteiger partial charge < -0.3 is 15.4 Å². The fraction of sp³-hybridized carbons (Fsp3) is 0.562. The molecule has 0 saturated heterocycles. The van der Waals surface area contributed by atoms with E-state index in [9.17, 15) is 4.79 Å². The highest BCUT2D eigenvalue weighted by atomic mass is 16.5. The van der Waals surface area contributed by atoms with E-state index in [1.165, 1.54) is 23.8 Å². The van der Waals surface area contributed by atoms with E-state index in [-0.39, 0.29) is 5.91 Å². The van der Waals surface area contributed by atoms with E-state index in [0.29, 0.717) is 6.54 Å². The van der Waals surface area contributed by atoms with Crippen molar-refractivity contribution in [2.75, 3.05) is 27.2 Å². The Bertz CT molecular complexity index is 378. The summed E-state index contributed by atoms with van der Waals surface area (Å²) in [5, 5.41) is 0. The minimum atomic E-state index is 0.0926. The van der Waals surface area contributed by atoms with Crippen molar-refractivity contribution >= 4 is 5.91 Å². The first-order chi connectivity index (χ1) is 9.51. The zero-order valence-corrected chi connectivity index (χ0v) is 13.2. The largest absolute Gasteiger partial charge is 0.494 e. The lowest BCUT2D eigenvalue weighted by atomic mass is 10.1. The van der Waals surface area contributed by atoms with Crippen LogP contribution in [0.3, 0.4) is 0 Å². The summed E-state index contributed by atoms with van der Waals surface area (Å²) in [6, 6.07) is 8.17. The van der Waals surface area contributed by atoms with E-state index in [1.807, 2.05) is 12.1 Å². The summed E-state index contributed by atoms with van der Waals surface area (Å²) in [5.41, 5.74) is 6.74. The molecule has 0 atom stereocenters. The third kappa shape index (κ3) is 9.39. The first-order valence-corrected chi connectivity index (χ1v) is 7.11. The molecule has 0 bridgehead atoms. The molecule has 20 heavy (non-hydrogen) atoms. The van der Waals surface area contributed by atoms with E-state index in [2.05, 4.69) is 19.1 Å². The highest BCUT2D eigenvalue weighted by Gasteiger charge is 1.95. The Morgan fingerprint density at radius 3 is 2.50 bits per heavy atom. The highest BCUT2D eigenvalue weighted by Crippen LogP contribution is 2.13. The number of unbranched alkanes of at least 4 members (excludes halogenated alkanes) is 1. The monoisotopic (exact) mass is 280 g/mol. The molecule has 2 N–H and O–H groups in total. The van der Waals surface area contributed by atoms with Gasteiger partial charge in [0.05, 0.1) is 6.61 Å². The van der Waals surface area contributed by atoms with E-state index in [0.717, 1.165) is 25.2 Å². The van der Waals surface area contributed by atoms with Gasteiger partial charge in [0.15, 0.2) is 0 Å². The van der Waals surface area contributed by atoms with Crippen molar-refractivity contribution in [1.29, 1.82) is 0 Å². The lowest BCUT2D eigenvalue weighted by molar-refractivity contribution is -0.126. The molecule has 114 valence electrons. The summed E-state index contributed by atoms with van der Waals surface area (Å²) in [5.74, 6) is 1.06. The lowest BCUT2D eigenvalue weighted by Gasteiger charge is -2.06. The average Bonchev–Trinajstić information content (AvgIpc) is 2.40. The molecular weight excluding hydrogens is 252 g/mol. The van der Waals surface area contributed by atoms with Gasteiger partial charge in [0, 0.05) is 21.0 Å². The predicted octanol–water partition coefficient (Wildman–Crippen LogP) is 2.46. The van der Waals surface area contributed by atoms with Gasteiger partial charge >= 0.3 is 0 Å². The van der Waals surface area contributed by atoms with E-state index in [4.69, 9.17) is 10.5 Å². The first-order valence-electron chi connectivity index (χ1n) is 7.11. The van der Waals surface area contributed by atoms with Crippen molar-refractivity contribution in [2.45, 2.75) is 33.1 Å². The van der Waals surface area contributed by atoms with Crippen molar-refractivity contribution in [3.05, 3.63) is 29.8 Å². The number of amides is 1. The Morgan fingerprint density at radius 1 is 1.35 bits per heavy atom. The zero-order valence-electron chi connectivity index (χ0n) is 13.2. The number of rotatable bonds is 6. The fourth-order valence-corrected chi connectivity index (χ4v) is 1.29. The van der Waals surface area contributed by atoms with E-state index < -0.39 is 0 Å². The second kappa shape index (κ2) is 11.3. The van der Waals surface area contributed by atoms with Gasteiger partial charge in [0.1, 0.15) is 5.75 Å². The lowest BCUT2D eigenvalue weighted by Crippen LogP contribution is -2.17. The summed E-state index contributed by atoms with van der Waals surface area (Å²) in [4.78, 5) is 11.6. The molecule has 0 fully saturated rings.